The number of hydrogen-bond donors (Lipinski definition) is 2. The van der Waals surface area contributed by atoms with E-state index in [1.807, 2.05) is 22.9 Å². The molecule has 2 aromatic rings. The van der Waals surface area contributed by atoms with Crippen LogP contribution in [-0.4, -0.2) is 66.6 Å². The lowest BCUT2D eigenvalue weighted by atomic mass is 10.0. The maximum Gasteiger partial charge on any atom is 0.214 e. The average molecular weight is 367 g/mol. The van der Waals surface area contributed by atoms with Crippen molar-refractivity contribution in [2.24, 2.45) is 0 Å². The van der Waals surface area contributed by atoms with Crippen LogP contribution in [0.1, 0.15) is 24.4 Å². The summed E-state index contributed by atoms with van der Waals surface area (Å²) in [7, 11) is 1.69. The molecule has 1 aliphatic heterocycles. The highest BCUT2D eigenvalue weighted by atomic mass is 35.5. The zero-order chi connectivity index (χ0) is 17.6. The van der Waals surface area contributed by atoms with Gasteiger partial charge in [-0.2, -0.15) is 0 Å². The molecule has 1 aromatic carbocycles. The van der Waals surface area contributed by atoms with E-state index in [1.165, 1.54) is 11.4 Å². The molecule has 2 N–H and O–H groups in total. The van der Waals surface area contributed by atoms with Gasteiger partial charge in [0.15, 0.2) is 6.04 Å². The molecule has 8 heteroatoms. The first-order valence-corrected chi connectivity index (χ1v) is 9.30. The Balaban J connectivity index is 1.93. The lowest BCUT2D eigenvalue weighted by Gasteiger charge is -2.34. The minimum Gasteiger partial charge on any atom is -0.383 e. The van der Waals surface area contributed by atoms with Crippen LogP contribution in [0.5, 0.6) is 0 Å². The fourth-order valence-corrected chi connectivity index (χ4v) is 3.82. The van der Waals surface area contributed by atoms with E-state index in [0.717, 1.165) is 42.6 Å². The van der Waals surface area contributed by atoms with Gasteiger partial charge in [-0.05, 0) is 23.4 Å². The summed E-state index contributed by atoms with van der Waals surface area (Å²) in [5.74, 6) is 0.861. The molecule has 25 heavy (non-hydrogen) atoms. The summed E-state index contributed by atoms with van der Waals surface area (Å²) in [5, 5.41) is 13.2. The molecule has 0 spiro atoms. The highest BCUT2D eigenvalue weighted by molar-refractivity contribution is 6.31. The quantitative estimate of drug-likeness (QED) is 0.650. The molecular weight excluding hydrogens is 340 g/mol. The van der Waals surface area contributed by atoms with E-state index < -0.39 is 0 Å². The van der Waals surface area contributed by atoms with Crippen molar-refractivity contribution in [3.05, 3.63) is 40.7 Å². The Hall–Kier alpha value is -1.54. The SMILES string of the molecule is CC[NH+]1CC[NH+]([C@H](c2ccccc2Cl)c2nnnn2CCOC)CC1. The third-order valence-corrected chi connectivity index (χ3v) is 5.39. The molecule has 136 valence electrons. The second kappa shape index (κ2) is 8.71. The maximum absolute atomic E-state index is 6.55. The number of likely N-dealkylation sites (N-methyl/N-ethyl adjacent to an activating group) is 1. The summed E-state index contributed by atoms with van der Waals surface area (Å²) in [6.07, 6.45) is 0. The average Bonchev–Trinajstić information content (AvgIpc) is 3.10. The van der Waals surface area contributed by atoms with Gasteiger partial charge in [-0.25, -0.2) is 4.68 Å². The molecule has 1 atom stereocenters. The Kier molecular flexibility index (Phi) is 6.36. The van der Waals surface area contributed by atoms with E-state index in [4.69, 9.17) is 16.3 Å². The third-order valence-electron chi connectivity index (χ3n) is 5.05. The van der Waals surface area contributed by atoms with Crippen LogP contribution >= 0.6 is 11.6 Å². The summed E-state index contributed by atoms with van der Waals surface area (Å²) in [6.45, 7) is 9.12. The fraction of sp³-hybridized carbons (Fsp3) is 0.588. The molecule has 2 heterocycles. The third kappa shape index (κ3) is 4.17. The first-order valence-electron chi connectivity index (χ1n) is 8.92. The van der Waals surface area contributed by atoms with Crippen LogP contribution in [0.4, 0.5) is 0 Å². The Labute approximate surface area is 153 Å². The molecule has 1 saturated heterocycles. The number of tetrazole rings is 1. The van der Waals surface area contributed by atoms with E-state index in [-0.39, 0.29) is 6.04 Å². The lowest BCUT2D eigenvalue weighted by molar-refractivity contribution is -1.02. The van der Waals surface area contributed by atoms with Crippen LogP contribution in [0, 0.1) is 0 Å². The van der Waals surface area contributed by atoms with Gasteiger partial charge in [0.2, 0.25) is 5.82 Å². The van der Waals surface area contributed by atoms with Crippen molar-refractivity contribution >= 4 is 11.6 Å². The predicted octanol–water partition coefficient (Wildman–Crippen LogP) is -1.13. The van der Waals surface area contributed by atoms with Crippen LogP contribution in [0.25, 0.3) is 0 Å². The summed E-state index contributed by atoms with van der Waals surface area (Å²) in [6, 6.07) is 8.07. The van der Waals surface area contributed by atoms with Crippen molar-refractivity contribution in [2.45, 2.75) is 19.5 Å². The molecule has 1 fully saturated rings. The first-order chi connectivity index (χ1) is 12.2. The van der Waals surface area contributed by atoms with Crippen molar-refractivity contribution in [1.82, 2.24) is 20.2 Å². The minimum absolute atomic E-state index is 0.0407. The fourth-order valence-electron chi connectivity index (χ4n) is 3.57. The molecule has 0 unspecified atom stereocenters. The van der Waals surface area contributed by atoms with Crippen molar-refractivity contribution in [3.8, 4) is 0 Å². The standard InChI is InChI=1S/C17H25ClN6O/c1-3-22-8-10-23(11-9-22)16(14-6-4-5-7-15(14)18)17-19-20-21-24(17)12-13-25-2/h4-7,16H,3,8-13H2,1-2H3/p+2/t16-/m1/s1. The monoisotopic (exact) mass is 366 g/mol. The van der Waals surface area contributed by atoms with Crippen LogP contribution in [0.3, 0.4) is 0 Å². The van der Waals surface area contributed by atoms with Crippen LogP contribution in [0.2, 0.25) is 5.02 Å². The zero-order valence-electron chi connectivity index (χ0n) is 14.9. The van der Waals surface area contributed by atoms with Gasteiger partial charge in [0, 0.05) is 12.7 Å². The number of benzene rings is 1. The Morgan fingerprint density at radius 1 is 1.24 bits per heavy atom. The largest absolute Gasteiger partial charge is 0.383 e. The molecule has 1 aliphatic rings. The molecule has 3 rings (SSSR count). The summed E-state index contributed by atoms with van der Waals surface area (Å²) in [4.78, 5) is 3.12. The van der Waals surface area contributed by atoms with Crippen molar-refractivity contribution < 1.29 is 14.5 Å². The maximum atomic E-state index is 6.55. The number of piperazine rings is 1. The van der Waals surface area contributed by atoms with Crippen LogP contribution < -0.4 is 9.80 Å². The number of quaternary nitrogens is 2. The molecule has 0 aliphatic carbocycles. The normalized spacial score (nSPS) is 22.0. The zero-order valence-corrected chi connectivity index (χ0v) is 15.7. The van der Waals surface area contributed by atoms with E-state index in [0.29, 0.717) is 13.2 Å². The predicted molar refractivity (Wildman–Crippen MR) is 94.9 cm³/mol. The van der Waals surface area contributed by atoms with Gasteiger partial charge in [-0.3, -0.25) is 0 Å². The second-order valence-electron chi connectivity index (χ2n) is 6.47. The molecular formula is C17H27ClN6O+2. The number of nitrogens with one attached hydrogen (secondary N) is 2. The summed E-state index contributed by atoms with van der Waals surface area (Å²) >= 11 is 6.55. The number of rotatable bonds is 7. The van der Waals surface area contributed by atoms with Gasteiger partial charge < -0.3 is 14.5 Å². The molecule has 7 nitrogen and oxygen atoms in total. The topological polar surface area (TPSA) is 61.7 Å². The van der Waals surface area contributed by atoms with Gasteiger partial charge >= 0.3 is 0 Å². The van der Waals surface area contributed by atoms with Crippen molar-refractivity contribution in [1.29, 1.82) is 0 Å². The lowest BCUT2D eigenvalue weighted by Crippen LogP contribution is -3.28. The number of nitrogens with zero attached hydrogens (tertiary/aromatic N) is 4. The molecule has 0 saturated carbocycles. The van der Waals surface area contributed by atoms with E-state index >= 15 is 0 Å². The van der Waals surface area contributed by atoms with Crippen molar-refractivity contribution in [3.63, 3.8) is 0 Å². The number of methoxy groups -OCH3 is 1. The van der Waals surface area contributed by atoms with Crippen molar-refractivity contribution in [2.75, 3.05) is 46.4 Å². The van der Waals surface area contributed by atoms with Gasteiger partial charge in [-0.1, -0.05) is 29.8 Å². The summed E-state index contributed by atoms with van der Waals surface area (Å²) < 4.78 is 7.05. The Bertz CT molecular complexity index is 671. The molecule has 0 bridgehead atoms. The number of halogens is 1. The molecule has 0 amide bonds. The highest BCUT2D eigenvalue weighted by Gasteiger charge is 2.36. The summed E-state index contributed by atoms with van der Waals surface area (Å²) in [5.41, 5.74) is 1.09. The number of aromatic nitrogens is 4. The van der Waals surface area contributed by atoms with Gasteiger partial charge in [-0.15, -0.1) is 5.10 Å². The molecule has 0 radical (unpaired) electrons. The number of ether oxygens (including phenoxy) is 1. The van der Waals surface area contributed by atoms with Crippen LogP contribution in [0.15, 0.2) is 24.3 Å². The van der Waals surface area contributed by atoms with Gasteiger partial charge in [0.05, 0.1) is 24.7 Å². The van der Waals surface area contributed by atoms with Gasteiger partial charge in [0.1, 0.15) is 26.2 Å². The Morgan fingerprint density at radius 2 is 2.00 bits per heavy atom. The second-order valence-corrected chi connectivity index (χ2v) is 6.88. The highest BCUT2D eigenvalue weighted by Crippen LogP contribution is 2.24. The van der Waals surface area contributed by atoms with Crippen LogP contribution in [-0.2, 0) is 11.3 Å². The molecule has 1 aromatic heterocycles. The minimum atomic E-state index is 0.0407. The van der Waals surface area contributed by atoms with E-state index in [2.05, 4.69) is 28.5 Å². The van der Waals surface area contributed by atoms with Gasteiger partial charge in [0.25, 0.3) is 0 Å². The smallest absolute Gasteiger partial charge is 0.214 e. The first kappa shape index (κ1) is 18.3. The van der Waals surface area contributed by atoms with E-state index in [1.54, 1.807) is 12.0 Å². The number of hydrogen-bond acceptors (Lipinski definition) is 4. The Morgan fingerprint density at radius 3 is 2.68 bits per heavy atom. The van der Waals surface area contributed by atoms with E-state index in [9.17, 15) is 0 Å².